The molecule has 0 unspecified atom stereocenters. The monoisotopic (exact) mass is 384 g/mol. The van der Waals surface area contributed by atoms with E-state index in [1.807, 2.05) is 23.1 Å². The lowest BCUT2D eigenvalue weighted by Gasteiger charge is -2.30. The van der Waals surface area contributed by atoms with Crippen LogP contribution in [-0.2, 0) is 9.59 Å². The van der Waals surface area contributed by atoms with Crippen LogP contribution < -0.4 is 4.90 Å². The maximum Gasteiger partial charge on any atom is 0.251 e. The molecule has 27 heavy (non-hydrogen) atoms. The van der Waals surface area contributed by atoms with Gasteiger partial charge in [0.15, 0.2) is 0 Å². The van der Waals surface area contributed by atoms with Gasteiger partial charge in [0, 0.05) is 13.1 Å². The highest BCUT2D eigenvalue weighted by Gasteiger charge is 2.43. The summed E-state index contributed by atoms with van der Waals surface area (Å²) < 4.78 is 13.4. The van der Waals surface area contributed by atoms with E-state index in [2.05, 4.69) is 18.2 Å². The molecule has 1 fully saturated rings. The van der Waals surface area contributed by atoms with Crippen LogP contribution in [-0.4, -0.2) is 35.8 Å². The average Bonchev–Trinajstić information content (AvgIpc) is 2.99. The van der Waals surface area contributed by atoms with Crippen LogP contribution in [0.3, 0.4) is 0 Å². The molecule has 1 atom stereocenters. The van der Waals surface area contributed by atoms with E-state index in [0.717, 1.165) is 11.3 Å². The van der Waals surface area contributed by atoms with Crippen molar-refractivity contribution in [1.29, 1.82) is 0 Å². The smallest absolute Gasteiger partial charge is 0.251 e. The molecule has 0 saturated carbocycles. The van der Waals surface area contributed by atoms with Gasteiger partial charge in [-0.2, -0.15) is 0 Å². The minimum atomic E-state index is -0.578. The molecule has 0 bridgehead atoms. The first-order chi connectivity index (χ1) is 13.0. The highest BCUT2D eigenvalue weighted by molar-refractivity contribution is 6.31. The van der Waals surface area contributed by atoms with Crippen molar-refractivity contribution in [3.63, 3.8) is 0 Å². The van der Waals surface area contributed by atoms with Gasteiger partial charge >= 0.3 is 0 Å². The Morgan fingerprint density at radius 3 is 2.52 bits per heavy atom. The SMILES string of the molecule is O=C1C[C@@H](N2CC=C(c3ccccc3)CC2)C(=O)N1c1ccc(F)c(Cl)c1. The van der Waals surface area contributed by atoms with E-state index < -0.39 is 11.9 Å². The molecule has 2 heterocycles. The first kappa shape index (κ1) is 17.9. The number of rotatable bonds is 3. The summed E-state index contributed by atoms with van der Waals surface area (Å²) in [6.45, 7) is 1.33. The van der Waals surface area contributed by atoms with Crippen LogP contribution >= 0.6 is 11.6 Å². The van der Waals surface area contributed by atoms with Crippen LogP contribution in [0.2, 0.25) is 5.02 Å². The lowest BCUT2D eigenvalue weighted by atomic mass is 9.98. The molecule has 0 radical (unpaired) electrons. The second kappa shape index (κ2) is 7.25. The van der Waals surface area contributed by atoms with Crippen LogP contribution in [0.15, 0.2) is 54.6 Å². The Balaban J connectivity index is 1.51. The van der Waals surface area contributed by atoms with E-state index in [1.54, 1.807) is 0 Å². The van der Waals surface area contributed by atoms with Crippen LogP contribution in [0.5, 0.6) is 0 Å². The molecule has 2 aromatic rings. The third kappa shape index (κ3) is 3.40. The Bertz CT molecular complexity index is 929. The van der Waals surface area contributed by atoms with Crippen molar-refractivity contribution >= 4 is 34.7 Å². The molecule has 0 aromatic heterocycles. The number of imide groups is 1. The Kier molecular flexibility index (Phi) is 4.81. The Hall–Kier alpha value is -2.50. The Labute approximate surface area is 161 Å². The van der Waals surface area contributed by atoms with Gasteiger partial charge in [-0.1, -0.05) is 48.0 Å². The summed E-state index contributed by atoms with van der Waals surface area (Å²) >= 11 is 5.80. The van der Waals surface area contributed by atoms with Gasteiger partial charge in [-0.05, 0) is 35.8 Å². The number of carbonyl (C=O) groups excluding carboxylic acids is 2. The number of benzene rings is 2. The molecular formula is C21H18ClFN2O2. The van der Waals surface area contributed by atoms with Crippen molar-refractivity contribution in [2.45, 2.75) is 18.9 Å². The van der Waals surface area contributed by atoms with Crippen molar-refractivity contribution < 1.29 is 14.0 Å². The Morgan fingerprint density at radius 2 is 1.85 bits per heavy atom. The predicted molar refractivity (Wildman–Crippen MR) is 103 cm³/mol. The number of hydrogen-bond acceptors (Lipinski definition) is 3. The quantitative estimate of drug-likeness (QED) is 0.753. The number of anilines is 1. The van der Waals surface area contributed by atoms with Crippen LogP contribution in [0.4, 0.5) is 10.1 Å². The maximum atomic E-state index is 13.4. The minimum Gasteiger partial charge on any atom is -0.287 e. The van der Waals surface area contributed by atoms with Gasteiger partial charge in [-0.3, -0.25) is 14.5 Å². The Morgan fingerprint density at radius 1 is 1.07 bits per heavy atom. The fourth-order valence-electron chi connectivity index (χ4n) is 3.68. The summed E-state index contributed by atoms with van der Waals surface area (Å²) in [6.07, 6.45) is 3.07. The van der Waals surface area contributed by atoms with Crippen molar-refractivity contribution in [2.24, 2.45) is 0 Å². The summed E-state index contributed by atoms with van der Waals surface area (Å²) in [5.74, 6) is -1.14. The molecule has 2 aliphatic rings. The number of amides is 2. The third-order valence-electron chi connectivity index (χ3n) is 5.11. The van der Waals surface area contributed by atoms with Crippen LogP contribution in [0.25, 0.3) is 5.57 Å². The maximum absolute atomic E-state index is 13.4. The predicted octanol–water partition coefficient (Wildman–Crippen LogP) is 3.90. The zero-order valence-electron chi connectivity index (χ0n) is 14.6. The van der Waals surface area contributed by atoms with Gasteiger partial charge in [0.2, 0.25) is 5.91 Å². The van der Waals surface area contributed by atoms with Gasteiger partial charge in [0.25, 0.3) is 5.91 Å². The molecule has 6 heteroatoms. The summed E-state index contributed by atoms with van der Waals surface area (Å²) in [5, 5.41) is -0.107. The van der Waals surface area contributed by atoms with E-state index in [4.69, 9.17) is 11.6 Å². The average molecular weight is 385 g/mol. The second-order valence-electron chi connectivity index (χ2n) is 6.73. The molecule has 2 aliphatic heterocycles. The van der Waals surface area contributed by atoms with Gasteiger partial charge in [0.05, 0.1) is 23.2 Å². The number of halogens is 2. The van der Waals surface area contributed by atoms with Crippen molar-refractivity contribution in [3.8, 4) is 0 Å². The fraction of sp³-hybridized carbons (Fsp3) is 0.238. The summed E-state index contributed by atoms with van der Waals surface area (Å²) in [4.78, 5) is 28.5. The van der Waals surface area contributed by atoms with Crippen LogP contribution in [0, 0.1) is 5.82 Å². The van der Waals surface area contributed by atoms with E-state index in [1.165, 1.54) is 29.3 Å². The summed E-state index contributed by atoms with van der Waals surface area (Å²) in [7, 11) is 0. The highest BCUT2D eigenvalue weighted by Crippen LogP contribution is 2.31. The van der Waals surface area contributed by atoms with Crippen molar-refractivity contribution in [3.05, 3.63) is 71.0 Å². The molecule has 138 valence electrons. The molecule has 4 rings (SSSR count). The van der Waals surface area contributed by atoms with Crippen molar-refractivity contribution in [2.75, 3.05) is 18.0 Å². The highest BCUT2D eigenvalue weighted by atomic mass is 35.5. The standard InChI is InChI=1S/C21H18ClFN2O2/c22-17-12-16(6-7-18(17)23)25-20(26)13-19(21(25)27)24-10-8-15(9-11-24)14-4-2-1-3-5-14/h1-8,12,19H,9-11,13H2/t19-/m1/s1. The molecule has 4 nitrogen and oxygen atoms in total. The molecular weight excluding hydrogens is 367 g/mol. The summed E-state index contributed by atoms with van der Waals surface area (Å²) in [6, 6.07) is 13.6. The number of carbonyl (C=O) groups is 2. The lowest BCUT2D eigenvalue weighted by Crippen LogP contribution is -2.44. The molecule has 2 aromatic carbocycles. The molecule has 1 saturated heterocycles. The molecule has 2 amide bonds. The first-order valence-electron chi connectivity index (χ1n) is 8.85. The first-order valence-corrected chi connectivity index (χ1v) is 9.23. The van der Waals surface area contributed by atoms with Gasteiger partial charge < -0.3 is 0 Å². The van der Waals surface area contributed by atoms with E-state index >= 15 is 0 Å². The molecule has 0 aliphatic carbocycles. The zero-order chi connectivity index (χ0) is 19.0. The molecule has 0 spiro atoms. The van der Waals surface area contributed by atoms with E-state index in [0.29, 0.717) is 18.8 Å². The normalized spacial score (nSPS) is 20.9. The van der Waals surface area contributed by atoms with Gasteiger partial charge in [-0.25, -0.2) is 9.29 Å². The second-order valence-corrected chi connectivity index (χ2v) is 7.13. The number of hydrogen-bond donors (Lipinski definition) is 0. The number of nitrogens with zero attached hydrogens (tertiary/aromatic N) is 2. The van der Waals surface area contributed by atoms with E-state index in [-0.39, 0.29) is 23.3 Å². The van der Waals surface area contributed by atoms with Gasteiger partial charge in [0.1, 0.15) is 5.82 Å². The summed E-state index contributed by atoms with van der Waals surface area (Å²) in [5.41, 5.74) is 2.76. The third-order valence-corrected chi connectivity index (χ3v) is 5.40. The van der Waals surface area contributed by atoms with E-state index in [9.17, 15) is 14.0 Å². The van der Waals surface area contributed by atoms with Crippen LogP contribution in [0.1, 0.15) is 18.4 Å². The molecule has 0 N–H and O–H groups in total. The largest absolute Gasteiger partial charge is 0.287 e. The minimum absolute atomic E-state index is 0.107. The zero-order valence-corrected chi connectivity index (χ0v) is 15.3. The van der Waals surface area contributed by atoms with Crippen molar-refractivity contribution in [1.82, 2.24) is 4.90 Å². The lowest BCUT2D eigenvalue weighted by molar-refractivity contribution is -0.122. The fourth-order valence-corrected chi connectivity index (χ4v) is 3.85. The topological polar surface area (TPSA) is 40.6 Å². The van der Waals surface area contributed by atoms with Gasteiger partial charge in [-0.15, -0.1) is 0 Å².